The van der Waals surface area contributed by atoms with Crippen molar-refractivity contribution in [3.8, 4) is 28.3 Å². The zero-order valence-electron chi connectivity index (χ0n) is 21.3. The molecule has 0 radical (unpaired) electrons. The van der Waals surface area contributed by atoms with Gasteiger partial charge in [0.15, 0.2) is 0 Å². The van der Waals surface area contributed by atoms with Crippen molar-refractivity contribution in [2.75, 3.05) is 18.0 Å². The Hall–Kier alpha value is -3.25. The quantitative estimate of drug-likeness (QED) is 0.288. The number of morpholine rings is 1. The maximum Gasteiger partial charge on any atom is 0.0991 e. The highest BCUT2D eigenvalue weighted by molar-refractivity contribution is 7.49. The summed E-state index contributed by atoms with van der Waals surface area (Å²) in [7, 11) is 0.676. The Morgan fingerprint density at radius 1 is 0.917 bits per heavy atom. The predicted molar refractivity (Wildman–Crippen MR) is 153 cm³/mol. The van der Waals surface area contributed by atoms with Gasteiger partial charge in [0.25, 0.3) is 0 Å². The van der Waals surface area contributed by atoms with E-state index in [1.807, 2.05) is 30.5 Å². The topological polar surface area (TPSA) is 49.2 Å². The van der Waals surface area contributed by atoms with Gasteiger partial charge in [-0.15, -0.1) is 0 Å². The molecule has 5 rings (SSSR count). The van der Waals surface area contributed by atoms with Crippen molar-refractivity contribution in [3.63, 3.8) is 0 Å². The fraction of sp³-hybridized carbons (Fsp3) is 0.290. The summed E-state index contributed by atoms with van der Waals surface area (Å²) in [5.74, 6) is 0. The first-order chi connectivity index (χ1) is 17.4. The van der Waals surface area contributed by atoms with Gasteiger partial charge in [0.1, 0.15) is 0 Å². The molecule has 1 saturated heterocycles. The number of hydrogen-bond donors (Lipinski definition) is 0. The van der Waals surface area contributed by atoms with Gasteiger partial charge < -0.3 is 9.64 Å². The first-order valence-electron chi connectivity index (χ1n) is 12.6. The molecule has 3 atom stereocenters. The fourth-order valence-electron chi connectivity index (χ4n) is 5.08. The van der Waals surface area contributed by atoms with Gasteiger partial charge in [-0.05, 0) is 60.2 Å². The van der Waals surface area contributed by atoms with Crippen LogP contribution in [0.15, 0.2) is 72.9 Å². The minimum absolute atomic E-state index is 0.238. The van der Waals surface area contributed by atoms with E-state index >= 15 is 0 Å². The number of aromatic nitrogens is 1. The number of para-hydroxylation sites is 1. The summed E-state index contributed by atoms with van der Waals surface area (Å²) < 4.78 is 5.91. The van der Waals surface area contributed by atoms with E-state index in [0.29, 0.717) is 19.8 Å². The van der Waals surface area contributed by atoms with Crippen LogP contribution in [0.4, 0.5) is 5.69 Å². The summed E-state index contributed by atoms with van der Waals surface area (Å²) in [4.78, 5) is 7.41. The molecule has 0 saturated carbocycles. The number of ether oxygens (including phenoxy) is 1. The maximum atomic E-state index is 9.17. The van der Waals surface area contributed by atoms with Crippen LogP contribution in [-0.2, 0) is 4.74 Å². The van der Waals surface area contributed by atoms with Crippen molar-refractivity contribution in [2.45, 2.75) is 45.6 Å². The molecule has 0 spiro atoms. The third-order valence-electron chi connectivity index (χ3n) is 6.62. The minimum Gasteiger partial charge on any atom is -0.372 e. The second kappa shape index (κ2) is 10.4. The molecule has 182 valence electrons. The molecule has 3 aromatic carbocycles. The van der Waals surface area contributed by atoms with Gasteiger partial charge in [0, 0.05) is 41.5 Å². The number of nitriles is 1. The molecule has 2 heterocycles. The first kappa shape index (κ1) is 24.4. The Bertz CT molecular complexity index is 1400. The SMILES string of the molecule is CC1CN(c2ccc(-c3cnc4c(-c5ccc(C#N)cc5)cccc4c3PC(C)C)cc2)CC(C)O1. The Balaban J connectivity index is 1.56. The van der Waals surface area contributed by atoms with Crippen LogP contribution in [0.2, 0.25) is 0 Å². The molecule has 0 aliphatic carbocycles. The number of anilines is 1. The Labute approximate surface area is 215 Å². The normalized spacial score (nSPS) is 18.3. The van der Waals surface area contributed by atoms with Crippen LogP contribution < -0.4 is 10.2 Å². The maximum absolute atomic E-state index is 9.17. The van der Waals surface area contributed by atoms with Crippen LogP contribution in [-0.4, -0.2) is 35.9 Å². The van der Waals surface area contributed by atoms with Crippen molar-refractivity contribution in [1.29, 1.82) is 5.26 Å². The fourth-order valence-corrected chi connectivity index (χ4v) is 6.38. The summed E-state index contributed by atoms with van der Waals surface area (Å²) in [6, 6.07) is 25.4. The highest BCUT2D eigenvalue weighted by atomic mass is 31.1. The van der Waals surface area contributed by atoms with Crippen LogP contribution in [0.25, 0.3) is 33.2 Å². The summed E-state index contributed by atoms with van der Waals surface area (Å²) in [6.45, 7) is 10.7. The molecule has 0 N–H and O–H groups in total. The molecule has 4 nitrogen and oxygen atoms in total. The molecular weight excluding hydrogens is 461 g/mol. The second-order valence-corrected chi connectivity index (χ2v) is 11.9. The van der Waals surface area contributed by atoms with E-state index in [4.69, 9.17) is 9.72 Å². The zero-order valence-corrected chi connectivity index (χ0v) is 22.3. The molecule has 1 aromatic heterocycles. The van der Waals surface area contributed by atoms with Gasteiger partial charge in [-0.3, -0.25) is 4.98 Å². The van der Waals surface area contributed by atoms with E-state index in [1.165, 1.54) is 27.5 Å². The second-order valence-electron chi connectivity index (χ2n) is 9.95. The molecule has 1 aliphatic heterocycles. The third kappa shape index (κ3) is 5.00. The van der Waals surface area contributed by atoms with Crippen molar-refractivity contribution in [1.82, 2.24) is 4.98 Å². The Morgan fingerprint density at radius 3 is 2.19 bits per heavy atom. The molecule has 3 unspecified atom stereocenters. The monoisotopic (exact) mass is 493 g/mol. The van der Waals surface area contributed by atoms with Crippen LogP contribution >= 0.6 is 8.58 Å². The number of pyridine rings is 1. The third-order valence-corrected chi connectivity index (χ3v) is 8.02. The van der Waals surface area contributed by atoms with Gasteiger partial charge in [-0.25, -0.2) is 0 Å². The van der Waals surface area contributed by atoms with Gasteiger partial charge in [0.2, 0.25) is 0 Å². The van der Waals surface area contributed by atoms with Gasteiger partial charge in [-0.1, -0.05) is 64.9 Å². The van der Waals surface area contributed by atoms with Crippen LogP contribution in [0.3, 0.4) is 0 Å². The average molecular weight is 494 g/mol. The molecular formula is C31H32N3OP. The van der Waals surface area contributed by atoms with E-state index in [2.05, 4.69) is 81.1 Å². The van der Waals surface area contributed by atoms with Gasteiger partial charge >= 0.3 is 0 Å². The highest BCUT2D eigenvalue weighted by Gasteiger charge is 2.22. The zero-order chi connectivity index (χ0) is 25.2. The predicted octanol–water partition coefficient (Wildman–Crippen LogP) is 6.77. The van der Waals surface area contributed by atoms with Crippen molar-refractivity contribution < 1.29 is 4.74 Å². The summed E-state index contributed by atoms with van der Waals surface area (Å²) >= 11 is 0. The molecule has 1 fully saturated rings. The van der Waals surface area contributed by atoms with E-state index in [1.54, 1.807) is 0 Å². The van der Waals surface area contributed by atoms with Crippen molar-refractivity contribution >= 4 is 30.5 Å². The summed E-state index contributed by atoms with van der Waals surface area (Å²) in [6.07, 6.45) is 2.53. The van der Waals surface area contributed by atoms with Gasteiger partial charge in [0.05, 0.1) is 29.4 Å². The average Bonchev–Trinajstić information content (AvgIpc) is 2.88. The van der Waals surface area contributed by atoms with E-state index in [0.717, 1.165) is 29.7 Å². The molecule has 5 heteroatoms. The molecule has 1 aliphatic rings. The van der Waals surface area contributed by atoms with E-state index in [-0.39, 0.29) is 12.2 Å². The standard InChI is InChI=1S/C31H32N3OP/c1-20(2)36-31-28-7-5-6-27(24-10-8-23(16-32)9-11-24)30(28)33-17-29(31)25-12-14-26(15-13-25)34-18-21(3)35-22(4)19-34/h5-15,17,20-22,36H,18-19H2,1-4H3. The number of benzene rings is 3. The Morgan fingerprint density at radius 2 is 1.56 bits per heavy atom. The smallest absolute Gasteiger partial charge is 0.0991 e. The largest absolute Gasteiger partial charge is 0.372 e. The lowest BCUT2D eigenvalue weighted by Gasteiger charge is -2.37. The Kier molecular flexibility index (Phi) is 7.06. The highest BCUT2D eigenvalue weighted by Crippen LogP contribution is 2.35. The van der Waals surface area contributed by atoms with Gasteiger partial charge in [-0.2, -0.15) is 5.26 Å². The number of hydrogen-bond acceptors (Lipinski definition) is 4. The number of rotatable bonds is 5. The van der Waals surface area contributed by atoms with E-state index < -0.39 is 0 Å². The number of fused-ring (bicyclic) bond motifs is 1. The molecule has 4 aromatic rings. The van der Waals surface area contributed by atoms with E-state index in [9.17, 15) is 5.26 Å². The van der Waals surface area contributed by atoms with Crippen molar-refractivity contribution in [3.05, 3.63) is 78.5 Å². The summed E-state index contributed by atoms with van der Waals surface area (Å²) in [5.41, 5.74) is 8.06. The molecule has 36 heavy (non-hydrogen) atoms. The number of nitrogens with zero attached hydrogens (tertiary/aromatic N) is 3. The molecule has 0 bridgehead atoms. The first-order valence-corrected chi connectivity index (χ1v) is 13.7. The summed E-state index contributed by atoms with van der Waals surface area (Å²) in [5, 5.41) is 11.8. The van der Waals surface area contributed by atoms with Crippen LogP contribution in [0.5, 0.6) is 0 Å². The molecule has 0 amide bonds. The lowest BCUT2D eigenvalue weighted by Crippen LogP contribution is -2.45. The minimum atomic E-state index is 0.238. The lowest BCUT2D eigenvalue weighted by molar-refractivity contribution is -0.00521. The van der Waals surface area contributed by atoms with Crippen LogP contribution in [0, 0.1) is 11.3 Å². The lowest BCUT2D eigenvalue weighted by atomic mass is 9.98. The van der Waals surface area contributed by atoms with Crippen molar-refractivity contribution in [2.24, 2.45) is 0 Å². The van der Waals surface area contributed by atoms with Crippen LogP contribution in [0.1, 0.15) is 33.3 Å².